The van der Waals surface area contributed by atoms with Gasteiger partial charge in [-0.2, -0.15) is 0 Å². The van der Waals surface area contributed by atoms with Crippen molar-refractivity contribution in [2.75, 3.05) is 32.5 Å². The van der Waals surface area contributed by atoms with Crippen molar-refractivity contribution in [1.82, 2.24) is 19.8 Å². The monoisotopic (exact) mass is 536 g/mol. The summed E-state index contributed by atoms with van der Waals surface area (Å²) in [4.78, 5) is 31.0. The van der Waals surface area contributed by atoms with E-state index in [0.717, 1.165) is 36.3 Å². The highest BCUT2D eigenvalue weighted by Gasteiger charge is 2.28. The molecule has 2 N–H and O–H groups in total. The summed E-state index contributed by atoms with van der Waals surface area (Å²) in [6.45, 7) is 1.75. The Labute approximate surface area is 231 Å². The predicted molar refractivity (Wildman–Crippen MR) is 153 cm³/mol. The molecule has 2 aliphatic heterocycles. The Bertz CT molecular complexity index is 1620. The highest BCUT2D eigenvalue weighted by molar-refractivity contribution is 6.17. The minimum atomic E-state index is -0.390. The number of carbonyl (C=O) groups excluding carboxylic acids is 1. The topological polar surface area (TPSA) is 94.0 Å². The quantitative estimate of drug-likeness (QED) is 0.379. The van der Waals surface area contributed by atoms with Crippen molar-refractivity contribution >= 4 is 23.3 Å². The zero-order chi connectivity index (χ0) is 27.8. The number of rotatable bonds is 5. The number of fused-ring (bicyclic) bond motifs is 3. The Hall–Kier alpha value is -4.63. The van der Waals surface area contributed by atoms with E-state index in [0.29, 0.717) is 40.1 Å². The zero-order valence-electron chi connectivity index (χ0n) is 22.3. The lowest BCUT2D eigenvalue weighted by Gasteiger charge is -2.20. The SMILES string of the molecule is CN(C)C1CCN(C(=O)c2ccc(Nc3ncc4c(n3)-c3ccc(O)cc3C(c3ccccc3F)=NC4)cc2)C1. The van der Waals surface area contributed by atoms with Crippen LogP contribution < -0.4 is 5.32 Å². The van der Waals surface area contributed by atoms with Gasteiger partial charge >= 0.3 is 0 Å². The number of benzene rings is 3. The molecule has 0 bridgehead atoms. The van der Waals surface area contributed by atoms with Crippen molar-refractivity contribution in [3.05, 3.63) is 101 Å². The largest absolute Gasteiger partial charge is 0.508 e. The average Bonchev–Trinajstić information content (AvgIpc) is 3.40. The maximum Gasteiger partial charge on any atom is 0.253 e. The van der Waals surface area contributed by atoms with Gasteiger partial charge in [-0.05, 0) is 75.1 Å². The van der Waals surface area contributed by atoms with Gasteiger partial charge in [-0.1, -0.05) is 12.1 Å². The van der Waals surface area contributed by atoms with Gasteiger partial charge in [0.25, 0.3) is 5.91 Å². The van der Waals surface area contributed by atoms with Gasteiger partial charge in [0.1, 0.15) is 11.6 Å². The molecule has 9 heteroatoms. The Morgan fingerprint density at radius 2 is 1.85 bits per heavy atom. The van der Waals surface area contributed by atoms with Gasteiger partial charge in [0.2, 0.25) is 5.95 Å². The molecule has 6 rings (SSSR count). The Morgan fingerprint density at radius 1 is 1.05 bits per heavy atom. The fraction of sp³-hybridized carbons (Fsp3) is 0.226. The third kappa shape index (κ3) is 4.91. The lowest BCUT2D eigenvalue weighted by Crippen LogP contribution is -2.34. The summed E-state index contributed by atoms with van der Waals surface area (Å²) in [5.41, 5.74) is 4.94. The molecule has 0 radical (unpaired) electrons. The summed E-state index contributed by atoms with van der Waals surface area (Å²) in [5, 5.41) is 13.5. The first kappa shape index (κ1) is 25.6. The molecule has 1 saturated heterocycles. The Kier molecular flexibility index (Phi) is 6.73. The molecular formula is C31H29FN6O2. The third-order valence-corrected chi connectivity index (χ3v) is 7.48. The molecule has 1 unspecified atom stereocenters. The van der Waals surface area contributed by atoms with Crippen molar-refractivity contribution in [3.63, 3.8) is 0 Å². The molecule has 202 valence electrons. The number of aliphatic imine (C=N–C) groups is 1. The highest BCUT2D eigenvalue weighted by atomic mass is 19.1. The second-order valence-corrected chi connectivity index (χ2v) is 10.3. The smallest absolute Gasteiger partial charge is 0.253 e. The number of nitrogens with zero attached hydrogens (tertiary/aromatic N) is 5. The fourth-order valence-electron chi connectivity index (χ4n) is 5.24. The van der Waals surface area contributed by atoms with Crippen molar-refractivity contribution in [2.24, 2.45) is 4.99 Å². The Balaban J connectivity index is 1.26. The normalized spacial score (nSPS) is 16.2. The van der Waals surface area contributed by atoms with E-state index >= 15 is 0 Å². The van der Waals surface area contributed by atoms with Crippen LogP contribution in [0.3, 0.4) is 0 Å². The van der Waals surface area contributed by atoms with Crippen LogP contribution in [0.1, 0.15) is 33.5 Å². The summed E-state index contributed by atoms with van der Waals surface area (Å²) < 4.78 is 14.7. The van der Waals surface area contributed by atoms with E-state index in [1.807, 2.05) is 43.3 Å². The number of likely N-dealkylation sites (tertiary alicyclic amines) is 1. The standard InChI is InChI=1S/C31H29FN6O2/c1-37(2)22-13-14-38(18-22)30(40)19-7-9-21(10-8-19)35-31-34-17-20-16-33-29(25-5-3-4-6-27(25)32)26-15-23(39)11-12-24(26)28(20)36-31/h3-12,15,17,22,39H,13-14,16,18H2,1-2H3,(H,34,35,36). The van der Waals surface area contributed by atoms with E-state index in [1.54, 1.807) is 42.6 Å². The maximum atomic E-state index is 14.7. The predicted octanol–water partition coefficient (Wildman–Crippen LogP) is 4.86. The van der Waals surface area contributed by atoms with Gasteiger partial charge < -0.3 is 20.2 Å². The Morgan fingerprint density at radius 3 is 2.60 bits per heavy atom. The van der Waals surface area contributed by atoms with Crippen LogP contribution in [0.2, 0.25) is 0 Å². The van der Waals surface area contributed by atoms with Crippen LogP contribution in [0.15, 0.2) is 77.9 Å². The van der Waals surface area contributed by atoms with Crippen LogP contribution in [0.25, 0.3) is 11.3 Å². The highest BCUT2D eigenvalue weighted by Crippen LogP contribution is 2.34. The molecule has 1 atom stereocenters. The lowest BCUT2D eigenvalue weighted by molar-refractivity contribution is 0.0783. The van der Waals surface area contributed by atoms with Crippen molar-refractivity contribution < 1.29 is 14.3 Å². The van der Waals surface area contributed by atoms with E-state index < -0.39 is 0 Å². The van der Waals surface area contributed by atoms with E-state index in [4.69, 9.17) is 9.98 Å². The van der Waals surface area contributed by atoms with Gasteiger partial charge in [-0.3, -0.25) is 9.79 Å². The number of amides is 1. The minimum absolute atomic E-state index is 0.0303. The molecule has 1 amide bonds. The molecular weight excluding hydrogens is 507 g/mol. The molecule has 8 nitrogen and oxygen atoms in total. The van der Waals surface area contributed by atoms with Crippen LogP contribution in [0.5, 0.6) is 5.75 Å². The number of hydrogen-bond donors (Lipinski definition) is 2. The van der Waals surface area contributed by atoms with Gasteiger partial charge in [-0.15, -0.1) is 0 Å². The summed E-state index contributed by atoms with van der Waals surface area (Å²) >= 11 is 0. The molecule has 0 spiro atoms. The summed E-state index contributed by atoms with van der Waals surface area (Å²) in [7, 11) is 4.09. The molecule has 1 aromatic heterocycles. The van der Waals surface area contributed by atoms with Crippen LogP contribution in [0.4, 0.5) is 16.0 Å². The van der Waals surface area contributed by atoms with Gasteiger partial charge in [0.05, 0.1) is 18.0 Å². The number of aromatic hydroxyl groups is 1. The number of hydrogen-bond acceptors (Lipinski definition) is 7. The van der Waals surface area contributed by atoms with Crippen LogP contribution in [-0.4, -0.2) is 69.7 Å². The number of halogens is 1. The van der Waals surface area contributed by atoms with Crippen LogP contribution in [0, 0.1) is 5.82 Å². The molecule has 3 aromatic carbocycles. The van der Waals surface area contributed by atoms with Crippen molar-refractivity contribution in [1.29, 1.82) is 0 Å². The fourth-order valence-corrected chi connectivity index (χ4v) is 5.24. The number of nitrogens with one attached hydrogen (secondary N) is 1. The number of anilines is 2. The molecule has 2 aliphatic rings. The third-order valence-electron chi connectivity index (χ3n) is 7.48. The molecule has 0 aliphatic carbocycles. The van der Waals surface area contributed by atoms with E-state index in [1.165, 1.54) is 6.07 Å². The molecule has 40 heavy (non-hydrogen) atoms. The first-order valence-corrected chi connectivity index (χ1v) is 13.2. The zero-order valence-corrected chi connectivity index (χ0v) is 22.3. The van der Waals surface area contributed by atoms with Gasteiger partial charge in [-0.25, -0.2) is 14.4 Å². The lowest BCUT2D eigenvalue weighted by atomic mass is 9.95. The number of likely N-dealkylation sites (N-methyl/N-ethyl adjacent to an activating group) is 1. The molecule has 3 heterocycles. The minimum Gasteiger partial charge on any atom is -0.508 e. The first-order chi connectivity index (χ1) is 19.4. The molecule has 4 aromatic rings. The van der Waals surface area contributed by atoms with Crippen molar-refractivity contribution in [3.8, 4) is 17.0 Å². The van der Waals surface area contributed by atoms with Gasteiger partial charge in [0.15, 0.2) is 0 Å². The van der Waals surface area contributed by atoms with Crippen LogP contribution in [-0.2, 0) is 6.54 Å². The van der Waals surface area contributed by atoms with Crippen molar-refractivity contribution in [2.45, 2.75) is 19.0 Å². The molecule has 0 saturated carbocycles. The van der Waals surface area contributed by atoms with Crippen LogP contribution >= 0.6 is 0 Å². The second-order valence-electron chi connectivity index (χ2n) is 10.3. The number of aromatic nitrogens is 2. The van der Waals surface area contributed by atoms with E-state index in [9.17, 15) is 14.3 Å². The maximum absolute atomic E-state index is 14.7. The van der Waals surface area contributed by atoms with Gasteiger partial charge in [0, 0.05) is 58.8 Å². The first-order valence-electron chi connectivity index (χ1n) is 13.2. The molecule has 1 fully saturated rings. The number of carbonyl (C=O) groups is 1. The number of phenolic OH excluding ortho intramolecular Hbond substituents is 1. The van der Waals surface area contributed by atoms with E-state index in [-0.39, 0.29) is 24.0 Å². The average molecular weight is 537 g/mol. The number of phenols is 1. The second kappa shape index (κ2) is 10.5. The summed E-state index contributed by atoms with van der Waals surface area (Å²) in [6, 6.07) is 19.1. The summed E-state index contributed by atoms with van der Waals surface area (Å²) in [5.74, 6) is 0.0702. The van der Waals surface area contributed by atoms with E-state index in [2.05, 4.69) is 15.2 Å². The summed E-state index contributed by atoms with van der Waals surface area (Å²) in [6.07, 6.45) is 2.69.